The van der Waals surface area contributed by atoms with E-state index in [1.54, 1.807) is 12.1 Å². The summed E-state index contributed by atoms with van der Waals surface area (Å²) in [6.45, 7) is 1.88. The van der Waals surface area contributed by atoms with E-state index in [0.29, 0.717) is 11.3 Å². The van der Waals surface area contributed by atoms with Gasteiger partial charge in [0, 0.05) is 11.3 Å². The molecular formula is C17H18N4O2S. The van der Waals surface area contributed by atoms with E-state index in [1.807, 2.05) is 43.3 Å². The fraction of sp³-hybridized carbons (Fsp3) is 0.118. The van der Waals surface area contributed by atoms with Crippen LogP contribution in [0.25, 0.3) is 0 Å². The number of nitrogens with zero attached hydrogens (tertiary/aromatic N) is 1. The summed E-state index contributed by atoms with van der Waals surface area (Å²) in [5.41, 5.74) is 10.3. The molecule has 0 radical (unpaired) electrons. The molecule has 0 aliphatic carbocycles. The molecular weight excluding hydrogens is 324 g/mol. The third-order valence-electron chi connectivity index (χ3n) is 2.99. The van der Waals surface area contributed by atoms with Crippen molar-refractivity contribution in [1.82, 2.24) is 5.43 Å². The molecule has 124 valence electrons. The highest BCUT2D eigenvalue weighted by atomic mass is 32.1. The van der Waals surface area contributed by atoms with Crippen LogP contribution in [0.5, 0.6) is 5.75 Å². The number of nitrogens with one attached hydrogen (secondary N) is 2. The third kappa shape index (κ3) is 5.69. The number of thiocarbonyl (C=S) groups is 1. The van der Waals surface area contributed by atoms with Gasteiger partial charge in [-0.15, -0.1) is 0 Å². The Morgan fingerprint density at radius 3 is 2.67 bits per heavy atom. The Hall–Kier alpha value is -2.93. The van der Waals surface area contributed by atoms with E-state index in [9.17, 15) is 4.79 Å². The predicted octanol–water partition coefficient (Wildman–Crippen LogP) is 2.18. The van der Waals surface area contributed by atoms with Crippen LogP contribution in [0, 0.1) is 6.92 Å². The quantitative estimate of drug-likeness (QED) is 0.425. The first-order valence-electron chi connectivity index (χ1n) is 7.21. The maximum absolute atomic E-state index is 12.0. The molecule has 24 heavy (non-hydrogen) atoms. The topological polar surface area (TPSA) is 88.7 Å². The van der Waals surface area contributed by atoms with Crippen molar-refractivity contribution >= 4 is 35.1 Å². The number of nitrogens with two attached hydrogens (primary N) is 1. The second-order valence-electron chi connectivity index (χ2n) is 4.97. The third-order valence-corrected chi connectivity index (χ3v) is 3.08. The number of amides is 1. The zero-order chi connectivity index (χ0) is 17.4. The van der Waals surface area contributed by atoms with E-state index < -0.39 is 0 Å². The van der Waals surface area contributed by atoms with Crippen molar-refractivity contribution in [3.05, 3.63) is 59.7 Å². The number of benzene rings is 2. The Balaban J connectivity index is 1.93. The van der Waals surface area contributed by atoms with Gasteiger partial charge in [0.05, 0.1) is 6.21 Å². The molecule has 0 spiro atoms. The molecule has 1 amide bonds. The standard InChI is InChI=1S/C17H18N4O2S/c1-12-6-8-14(9-7-12)20-16(22)11-23-15-5-3-2-4-13(15)10-19-21-17(18)24/h2-10H,11H2,1H3,(H,20,22)(H3,18,21,24). The van der Waals surface area contributed by atoms with E-state index >= 15 is 0 Å². The molecule has 2 aromatic rings. The number of para-hydroxylation sites is 1. The molecule has 0 atom stereocenters. The van der Waals surface area contributed by atoms with Gasteiger partial charge in [-0.25, -0.2) is 0 Å². The lowest BCUT2D eigenvalue weighted by Crippen LogP contribution is -2.24. The van der Waals surface area contributed by atoms with E-state index in [-0.39, 0.29) is 17.6 Å². The van der Waals surface area contributed by atoms with Crippen molar-refractivity contribution in [2.75, 3.05) is 11.9 Å². The fourth-order valence-electron chi connectivity index (χ4n) is 1.86. The zero-order valence-electron chi connectivity index (χ0n) is 13.2. The van der Waals surface area contributed by atoms with Gasteiger partial charge in [-0.3, -0.25) is 10.2 Å². The molecule has 6 nitrogen and oxygen atoms in total. The largest absolute Gasteiger partial charge is 0.483 e. The van der Waals surface area contributed by atoms with Crippen LogP contribution < -0.4 is 21.2 Å². The van der Waals surface area contributed by atoms with Crippen molar-refractivity contribution in [1.29, 1.82) is 0 Å². The summed E-state index contributed by atoms with van der Waals surface area (Å²) >= 11 is 4.67. The lowest BCUT2D eigenvalue weighted by Gasteiger charge is -2.09. The Kier molecular flexibility index (Phi) is 6.27. The lowest BCUT2D eigenvalue weighted by atomic mass is 10.2. The number of hydrogen-bond donors (Lipinski definition) is 3. The van der Waals surface area contributed by atoms with E-state index in [4.69, 9.17) is 10.5 Å². The molecule has 2 rings (SSSR count). The normalized spacial score (nSPS) is 10.4. The number of carbonyl (C=O) groups excluding carboxylic acids is 1. The summed E-state index contributed by atoms with van der Waals surface area (Å²) < 4.78 is 5.56. The molecule has 0 aliphatic rings. The van der Waals surface area contributed by atoms with E-state index in [0.717, 1.165) is 11.3 Å². The molecule has 0 heterocycles. The maximum atomic E-state index is 12.0. The Bertz CT molecular complexity index is 745. The second-order valence-corrected chi connectivity index (χ2v) is 5.41. The first-order chi connectivity index (χ1) is 11.5. The molecule has 0 fully saturated rings. The van der Waals surface area contributed by atoms with Crippen molar-refractivity contribution < 1.29 is 9.53 Å². The lowest BCUT2D eigenvalue weighted by molar-refractivity contribution is -0.118. The SMILES string of the molecule is Cc1ccc(NC(=O)COc2ccccc2C=NNC(N)=S)cc1. The minimum absolute atomic E-state index is 0.0714. The van der Waals surface area contributed by atoms with Crippen molar-refractivity contribution in [3.8, 4) is 5.75 Å². The van der Waals surface area contributed by atoms with Gasteiger partial charge in [-0.1, -0.05) is 29.8 Å². The van der Waals surface area contributed by atoms with Crippen LogP contribution in [-0.4, -0.2) is 23.8 Å². The summed E-state index contributed by atoms with van der Waals surface area (Å²) in [5.74, 6) is 0.289. The number of aryl methyl sites for hydroxylation is 1. The zero-order valence-corrected chi connectivity index (χ0v) is 14.0. The van der Waals surface area contributed by atoms with Crippen LogP contribution in [0.2, 0.25) is 0 Å². The number of hydrogen-bond acceptors (Lipinski definition) is 4. The molecule has 0 aliphatic heterocycles. The van der Waals surface area contributed by atoms with E-state index in [1.165, 1.54) is 6.21 Å². The molecule has 0 aromatic heterocycles. The highest BCUT2D eigenvalue weighted by Crippen LogP contribution is 2.16. The maximum Gasteiger partial charge on any atom is 0.262 e. The summed E-state index contributed by atoms with van der Waals surface area (Å²) in [5, 5.41) is 6.73. The van der Waals surface area contributed by atoms with Gasteiger partial charge in [0.1, 0.15) is 5.75 Å². The van der Waals surface area contributed by atoms with Crippen LogP contribution in [0.15, 0.2) is 53.6 Å². The van der Waals surface area contributed by atoms with Crippen LogP contribution in [0.4, 0.5) is 5.69 Å². The second kappa shape index (κ2) is 8.64. The highest BCUT2D eigenvalue weighted by molar-refractivity contribution is 7.80. The summed E-state index contributed by atoms with van der Waals surface area (Å²) in [6.07, 6.45) is 1.52. The monoisotopic (exact) mass is 342 g/mol. The molecule has 4 N–H and O–H groups in total. The van der Waals surface area contributed by atoms with E-state index in [2.05, 4.69) is 28.1 Å². The number of ether oxygens (including phenoxy) is 1. The minimum Gasteiger partial charge on any atom is -0.483 e. The van der Waals surface area contributed by atoms with Crippen LogP contribution in [0.3, 0.4) is 0 Å². The van der Waals surface area contributed by atoms with Gasteiger partial charge in [0.25, 0.3) is 5.91 Å². The molecule has 2 aromatic carbocycles. The van der Waals surface area contributed by atoms with Crippen molar-refractivity contribution in [3.63, 3.8) is 0 Å². The van der Waals surface area contributed by atoms with Gasteiger partial charge >= 0.3 is 0 Å². The number of hydrazone groups is 1. The Labute approximate surface area is 145 Å². The Morgan fingerprint density at radius 1 is 1.25 bits per heavy atom. The minimum atomic E-state index is -0.244. The van der Waals surface area contributed by atoms with Crippen LogP contribution in [0.1, 0.15) is 11.1 Å². The number of rotatable bonds is 6. The predicted molar refractivity (Wildman–Crippen MR) is 99.3 cm³/mol. The van der Waals surface area contributed by atoms with Gasteiger partial charge in [-0.05, 0) is 43.4 Å². The fourth-order valence-corrected chi connectivity index (χ4v) is 1.91. The number of anilines is 1. The molecule has 0 saturated carbocycles. The first kappa shape index (κ1) is 17.4. The van der Waals surface area contributed by atoms with Crippen molar-refractivity contribution in [2.24, 2.45) is 10.8 Å². The van der Waals surface area contributed by atoms with Crippen LogP contribution in [-0.2, 0) is 4.79 Å². The first-order valence-corrected chi connectivity index (χ1v) is 7.62. The molecule has 0 bridgehead atoms. The molecule has 7 heteroatoms. The number of carbonyl (C=O) groups is 1. The molecule has 0 saturated heterocycles. The summed E-state index contributed by atoms with van der Waals surface area (Å²) in [7, 11) is 0. The van der Waals surface area contributed by atoms with Gasteiger partial charge in [-0.2, -0.15) is 5.10 Å². The highest BCUT2D eigenvalue weighted by Gasteiger charge is 2.06. The van der Waals surface area contributed by atoms with Crippen LogP contribution >= 0.6 is 12.2 Å². The summed E-state index contributed by atoms with van der Waals surface area (Å²) in [6, 6.07) is 14.7. The Morgan fingerprint density at radius 2 is 1.96 bits per heavy atom. The summed E-state index contributed by atoms with van der Waals surface area (Å²) in [4.78, 5) is 12.0. The van der Waals surface area contributed by atoms with Gasteiger partial charge in [0.15, 0.2) is 11.7 Å². The van der Waals surface area contributed by atoms with Crippen molar-refractivity contribution in [2.45, 2.75) is 6.92 Å². The van der Waals surface area contributed by atoms with Gasteiger partial charge in [0.2, 0.25) is 0 Å². The molecule has 0 unspecified atom stereocenters. The average Bonchev–Trinajstić information content (AvgIpc) is 2.56. The average molecular weight is 342 g/mol. The smallest absolute Gasteiger partial charge is 0.262 e. The van der Waals surface area contributed by atoms with Gasteiger partial charge < -0.3 is 15.8 Å².